The number of alkyl halides is 2. The Labute approximate surface area is 122 Å². The highest BCUT2D eigenvalue weighted by molar-refractivity contribution is 5.49. The summed E-state index contributed by atoms with van der Waals surface area (Å²) in [4.78, 5) is 4.61. The second-order valence-corrected chi connectivity index (χ2v) is 5.01. The number of hydrogen-bond acceptors (Lipinski definition) is 3. The molecule has 0 amide bonds. The molecule has 0 saturated carbocycles. The van der Waals surface area contributed by atoms with Gasteiger partial charge in [0, 0.05) is 30.8 Å². The minimum absolute atomic E-state index is 0.402. The van der Waals surface area contributed by atoms with Crippen LogP contribution in [0.1, 0.15) is 18.1 Å². The van der Waals surface area contributed by atoms with Crippen LogP contribution in [0.3, 0.4) is 0 Å². The van der Waals surface area contributed by atoms with Crippen molar-refractivity contribution >= 4 is 5.69 Å². The van der Waals surface area contributed by atoms with E-state index in [-0.39, 0.29) is 0 Å². The summed E-state index contributed by atoms with van der Waals surface area (Å²) in [5.41, 5.74) is 10.1. The van der Waals surface area contributed by atoms with E-state index in [0.29, 0.717) is 19.5 Å². The minimum Gasteiger partial charge on any atom is -0.376 e. The highest BCUT2D eigenvalue weighted by Gasteiger charge is 2.24. The van der Waals surface area contributed by atoms with Crippen LogP contribution in [0.5, 0.6) is 0 Å². The van der Waals surface area contributed by atoms with Gasteiger partial charge in [0.25, 0.3) is 0 Å². The quantitative estimate of drug-likeness (QED) is 0.457. The summed E-state index contributed by atoms with van der Waals surface area (Å²) in [5.74, 6) is 0. The third-order valence-corrected chi connectivity index (χ3v) is 3.68. The summed E-state index contributed by atoms with van der Waals surface area (Å²) in [5, 5.41) is 3.42. The molecular weight excluding hydrogens is 278 g/mol. The zero-order valence-electron chi connectivity index (χ0n) is 11.8. The van der Waals surface area contributed by atoms with E-state index in [2.05, 4.69) is 10.0 Å². The van der Waals surface area contributed by atoms with Gasteiger partial charge in [0.1, 0.15) is 12.8 Å². The average Bonchev–Trinajstić information content (AvgIpc) is 2.94. The molecule has 0 aromatic heterocycles. The predicted molar refractivity (Wildman–Crippen MR) is 76.8 cm³/mol. The van der Waals surface area contributed by atoms with Gasteiger partial charge >= 0.3 is 0 Å². The molecular formula is C14H18F2N4O. The summed E-state index contributed by atoms with van der Waals surface area (Å²) >= 11 is 0. The molecule has 2 rings (SSSR count). The van der Waals surface area contributed by atoms with Crippen LogP contribution >= 0.6 is 0 Å². The van der Waals surface area contributed by atoms with E-state index < -0.39 is 25.0 Å². The number of halogens is 2. The Morgan fingerprint density at radius 1 is 1.48 bits per heavy atom. The smallest absolute Gasteiger partial charge is 0.119 e. The number of azide groups is 1. The topological polar surface area (TPSA) is 61.2 Å². The van der Waals surface area contributed by atoms with Crippen molar-refractivity contribution in [2.24, 2.45) is 5.11 Å². The van der Waals surface area contributed by atoms with Crippen LogP contribution in [-0.4, -0.2) is 39.1 Å². The number of ether oxygens (including phenoxy) is 1. The van der Waals surface area contributed by atoms with Crippen molar-refractivity contribution in [1.82, 2.24) is 0 Å². The molecule has 0 spiro atoms. The number of methoxy groups -OCH3 is 1. The largest absolute Gasteiger partial charge is 0.376 e. The average molecular weight is 296 g/mol. The zero-order chi connectivity index (χ0) is 15.2. The van der Waals surface area contributed by atoms with Crippen LogP contribution in [0.25, 0.3) is 10.4 Å². The Balaban J connectivity index is 2.14. The summed E-state index contributed by atoms with van der Waals surface area (Å²) in [6, 6.07) is 6.40. The fraction of sp³-hybridized carbons (Fsp3) is 0.571. The van der Waals surface area contributed by atoms with Gasteiger partial charge in [0.15, 0.2) is 0 Å². The molecule has 114 valence electrons. The molecule has 1 heterocycles. The number of hydrogen-bond donors (Lipinski definition) is 0. The molecule has 21 heavy (non-hydrogen) atoms. The molecule has 5 nitrogen and oxygen atoms in total. The van der Waals surface area contributed by atoms with Gasteiger partial charge in [-0.2, -0.15) is 0 Å². The predicted octanol–water partition coefficient (Wildman–Crippen LogP) is 3.57. The van der Waals surface area contributed by atoms with E-state index in [1.807, 2.05) is 17.0 Å². The molecule has 0 unspecified atom stereocenters. The lowest BCUT2D eigenvalue weighted by molar-refractivity contribution is 0.0722. The Morgan fingerprint density at radius 3 is 2.67 bits per heavy atom. The molecule has 1 aliphatic rings. The van der Waals surface area contributed by atoms with Gasteiger partial charge in [-0.25, -0.2) is 4.39 Å². The Kier molecular flexibility index (Phi) is 5.36. The van der Waals surface area contributed by atoms with Gasteiger partial charge < -0.3 is 9.64 Å². The first-order valence-electron chi connectivity index (χ1n) is 6.81. The van der Waals surface area contributed by atoms with Gasteiger partial charge in [-0.05, 0) is 29.6 Å². The molecule has 0 bridgehead atoms. The van der Waals surface area contributed by atoms with Gasteiger partial charge in [0.05, 0.1) is 12.1 Å². The van der Waals surface area contributed by atoms with Gasteiger partial charge in [0.2, 0.25) is 0 Å². The summed E-state index contributed by atoms with van der Waals surface area (Å²) < 4.78 is 31.4. The second-order valence-electron chi connectivity index (χ2n) is 5.01. The van der Waals surface area contributed by atoms with Crippen molar-refractivity contribution in [3.8, 4) is 0 Å². The van der Waals surface area contributed by atoms with E-state index in [4.69, 9.17) is 10.3 Å². The first-order chi connectivity index (χ1) is 10.2. The molecule has 1 saturated heterocycles. The zero-order valence-corrected chi connectivity index (χ0v) is 11.8. The monoisotopic (exact) mass is 296 g/mol. The standard InChI is InChI=1S/C14H18F2N4O/c1-21-14(13(8-15)18-19-17)10-2-4-12(5-3-10)20-7-6-11(16)9-20/h2-5,11,13-14H,6-9H2,1H3/t11-,13-,14-/m1/s1. The van der Waals surface area contributed by atoms with Crippen LogP contribution < -0.4 is 4.90 Å². The van der Waals surface area contributed by atoms with Crippen molar-refractivity contribution in [2.75, 3.05) is 31.8 Å². The third kappa shape index (κ3) is 3.62. The van der Waals surface area contributed by atoms with E-state index in [1.165, 1.54) is 7.11 Å². The third-order valence-electron chi connectivity index (χ3n) is 3.68. The molecule has 0 N–H and O–H groups in total. The van der Waals surface area contributed by atoms with Crippen molar-refractivity contribution in [1.29, 1.82) is 0 Å². The van der Waals surface area contributed by atoms with E-state index >= 15 is 0 Å². The maximum Gasteiger partial charge on any atom is 0.119 e. The first kappa shape index (κ1) is 15.5. The maximum absolute atomic E-state index is 13.2. The Hall–Kier alpha value is -1.85. The maximum atomic E-state index is 13.2. The van der Waals surface area contributed by atoms with E-state index in [0.717, 1.165) is 11.3 Å². The second kappa shape index (κ2) is 7.24. The van der Waals surface area contributed by atoms with E-state index in [1.54, 1.807) is 12.1 Å². The Bertz CT molecular complexity index is 504. The van der Waals surface area contributed by atoms with Gasteiger partial charge in [-0.15, -0.1) is 0 Å². The summed E-state index contributed by atoms with van der Waals surface area (Å²) in [6.45, 7) is 0.304. The molecule has 1 fully saturated rings. The van der Waals surface area contributed by atoms with Gasteiger partial charge in [-0.1, -0.05) is 17.2 Å². The summed E-state index contributed by atoms with van der Waals surface area (Å²) in [7, 11) is 1.45. The molecule has 0 aliphatic carbocycles. The van der Waals surface area contributed by atoms with Crippen LogP contribution in [0.2, 0.25) is 0 Å². The lowest BCUT2D eigenvalue weighted by Crippen LogP contribution is -2.21. The number of nitrogens with zero attached hydrogens (tertiary/aromatic N) is 4. The molecule has 1 aliphatic heterocycles. The Morgan fingerprint density at radius 2 is 2.19 bits per heavy atom. The fourth-order valence-electron chi connectivity index (χ4n) is 2.58. The SMILES string of the molecule is CO[C@H](c1ccc(N2CC[C@@H](F)C2)cc1)[C@@H](CF)N=[N+]=[N-]. The van der Waals surface area contributed by atoms with Crippen molar-refractivity contribution < 1.29 is 13.5 Å². The highest BCUT2D eigenvalue weighted by Crippen LogP contribution is 2.27. The first-order valence-corrected chi connectivity index (χ1v) is 6.81. The number of benzene rings is 1. The van der Waals surface area contributed by atoms with Crippen LogP contribution in [0, 0.1) is 0 Å². The van der Waals surface area contributed by atoms with E-state index in [9.17, 15) is 8.78 Å². The van der Waals surface area contributed by atoms with Crippen LogP contribution in [0.4, 0.5) is 14.5 Å². The summed E-state index contributed by atoms with van der Waals surface area (Å²) in [6.07, 6.45) is -0.867. The van der Waals surface area contributed by atoms with Crippen LogP contribution in [-0.2, 0) is 4.74 Å². The van der Waals surface area contributed by atoms with Crippen molar-refractivity contribution in [3.05, 3.63) is 40.3 Å². The minimum atomic E-state index is -0.896. The van der Waals surface area contributed by atoms with Crippen LogP contribution in [0.15, 0.2) is 29.4 Å². The lowest BCUT2D eigenvalue weighted by Gasteiger charge is -2.22. The van der Waals surface area contributed by atoms with Crippen molar-refractivity contribution in [3.63, 3.8) is 0 Å². The van der Waals surface area contributed by atoms with Gasteiger partial charge in [-0.3, -0.25) is 4.39 Å². The molecule has 1 aromatic rings. The number of anilines is 1. The molecule has 7 heteroatoms. The van der Waals surface area contributed by atoms with Crippen molar-refractivity contribution in [2.45, 2.75) is 24.7 Å². The molecule has 3 atom stereocenters. The molecule has 0 radical (unpaired) electrons. The highest BCUT2D eigenvalue weighted by atomic mass is 19.1. The molecule has 1 aromatic carbocycles. The normalized spacial score (nSPS) is 20.9. The number of rotatable bonds is 6. The fourth-order valence-corrected chi connectivity index (χ4v) is 2.58. The lowest BCUT2D eigenvalue weighted by atomic mass is 10.0.